The van der Waals surface area contributed by atoms with Gasteiger partial charge in [-0.15, -0.1) is 0 Å². The summed E-state index contributed by atoms with van der Waals surface area (Å²) >= 11 is 0. The maximum Gasteiger partial charge on any atom is 0.416 e. The van der Waals surface area contributed by atoms with Crippen molar-refractivity contribution >= 4 is 17.9 Å². The predicted molar refractivity (Wildman–Crippen MR) is 127 cm³/mol. The van der Waals surface area contributed by atoms with E-state index in [2.05, 4.69) is 10.2 Å². The van der Waals surface area contributed by atoms with E-state index in [1.807, 2.05) is 25.7 Å². The number of carbonyl (C=O) groups is 3. The highest BCUT2D eigenvalue weighted by molar-refractivity contribution is 5.95. The van der Waals surface area contributed by atoms with E-state index in [1.54, 1.807) is 6.92 Å². The minimum atomic E-state index is -4.50. The zero-order chi connectivity index (χ0) is 26.8. The number of piperazine rings is 1. The van der Waals surface area contributed by atoms with E-state index in [9.17, 15) is 27.6 Å². The Bertz CT molecular complexity index is 1020. The summed E-state index contributed by atoms with van der Waals surface area (Å²) in [6.07, 6.45) is -4.50. The van der Waals surface area contributed by atoms with Crippen molar-refractivity contribution in [1.82, 2.24) is 20.0 Å². The molecule has 0 bridgehead atoms. The third kappa shape index (κ3) is 5.83. The lowest BCUT2D eigenvalue weighted by Gasteiger charge is -2.42. The summed E-state index contributed by atoms with van der Waals surface area (Å²) in [5.74, 6) is -0.689. The number of urea groups is 1. The van der Waals surface area contributed by atoms with Crippen LogP contribution in [0.1, 0.15) is 44.9 Å². The lowest BCUT2D eigenvalue weighted by molar-refractivity contribution is -0.139. The van der Waals surface area contributed by atoms with Gasteiger partial charge in [-0.25, -0.2) is 9.59 Å². The van der Waals surface area contributed by atoms with Crippen LogP contribution in [0.5, 0.6) is 0 Å². The van der Waals surface area contributed by atoms with Crippen molar-refractivity contribution in [2.45, 2.75) is 46.0 Å². The fraction of sp³-hybridized carbons (Fsp3) is 0.560. The minimum absolute atomic E-state index is 0.0614. The van der Waals surface area contributed by atoms with Gasteiger partial charge in [-0.1, -0.05) is 26.0 Å². The predicted octanol–water partition coefficient (Wildman–Crippen LogP) is 3.41. The van der Waals surface area contributed by atoms with Gasteiger partial charge in [-0.3, -0.25) is 14.6 Å². The minimum Gasteiger partial charge on any atom is -0.463 e. The lowest BCUT2D eigenvalue weighted by atomic mass is 9.93. The molecule has 1 N–H and O–H groups in total. The fourth-order valence-electron chi connectivity index (χ4n) is 4.56. The molecule has 3 rings (SSSR count). The van der Waals surface area contributed by atoms with Gasteiger partial charge in [0.15, 0.2) is 0 Å². The van der Waals surface area contributed by atoms with Crippen molar-refractivity contribution in [2.75, 3.05) is 39.8 Å². The number of hydrogen-bond donors (Lipinski definition) is 1. The molecule has 36 heavy (non-hydrogen) atoms. The number of nitrogens with zero attached hydrogens (tertiary/aromatic N) is 3. The van der Waals surface area contributed by atoms with Crippen molar-refractivity contribution in [1.29, 1.82) is 0 Å². The monoisotopic (exact) mass is 510 g/mol. The standard InChI is InChI=1S/C25H33F3N4O4/c1-6-36-23(34)20-19(14-31-11-12-32(16(4)13-31)22(33)15(2)3)30(5)24(35)29-21(20)17-7-9-18(10-8-17)25(26,27)28/h7-10,15-16,21H,6,11-14H2,1-5H3,(H,29,35). The van der Waals surface area contributed by atoms with Crippen LogP contribution in [-0.2, 0) is 20.5 Å². The Balaban J connectivity index is 1.95. The van der Waals surface area contributed by atoms with Gasteiger partial charge in [0.2, 0.25) is 5.91 Å². The first-order valence-electron chi connectivity index (χ1n) is 12.0. The summed E-state index contributed by atoms with van der Waals surface area (Å²) in [5, 5.41) is 2.72. The Morgan fingerprint density at radius 2 is 1.81 bits per heavy atom. The number of rotatable bonds is 6. The third-order valence-electron chi connectivity index (χ3n) is 6.51. The van der Waals surface area contributed by atoms with Crippen molar-refractivity contribution in [2.24, 2.45) is 5.92 Å². The highest BCUT2D eigenvalue weighted by Crippen LogP contribution is 2.34. The number of alkyl halides is 3. The van der Waals surface area contributed by atoms with Gasteiger partial charge in [0, 0.05) is 50.9 Å². The molecule has 0 saturated carbocycles. The lowest BCUT2D eigenvalue weighted by Crippen LogP contribution is -2.56. The van der Waals surface area contributed by atoms with Gasteiger partial charge in [0.25, 0.3) is 0 Å². The molecule has 1 aromatic carbocycles. The second kappa shape index (κ2) is 10.9. The first-order valence-corrected chi connectivity index (χ1v) is 12.0. The largest absolute Gasteiger partial charge is 0.463 e. The van der Waals surface area contributed by atoms with Crippen molar-refractivity contribution in [3.63, 3.8) is 0 Å². The Kier molecular flexibility index (Phi) is 8.33. The quantitative estimate of drug-likeness (QED) is 0.594. The number of amides is 3. The number of halogens is 3. The topological polar surface area (TPSA) is 82.2 Å². The average molecular weight is 511 g/mol. The van der Waals surface area contributed by atoms with E-state index in [-0.39, 0.29) is 36.6 Å². The summed E-state index contributed by atoms with van der Waals surface area (Å²) in [6.45, 7) is 9.26. The normalized spacial score (nSPS) is 21.6. The number of likely N-dealkylation sites (N-methyl/N-ethyl adjacent to an activating group) is 1. The Hall–Kier alpha value is -3.08. The molecule has 1 aromatic rings. The maximum atomic E-state index is 13.1. The van der Waals surface area contributed by atoms with Crippen LogP contribution in [-0.4, -0.2) is 78.5 Å². The van der Waals surface area contributed by atoms with Crippen LogP contribution in [0.2, 0.25) is 0 Å². The molecule has 198 valence electrons. The Labute approximate surface area is 209 Å². The van der Waals surface area contributed by atoms with Crippen molar-refractivity contribution in [3.05, 3.63) is 46.7 Å². The van der Waals surface area contributed by atoms with Gasteiger partial charge >= 0.3 is 18.2 Å². The molecule has 3 amide bonds. The van der Waals surface area contributed by atoms with Gasteiger partial charge < -0.3 is 15.0 Å². The molecular weight excluding hydrogens is 477 g/mol. The molecule has 0 radical (unpaired) electrons. The van der Waals surface area contributed by atoms with Crippen LogP contribution in [0, 0.1) is 5.92 Å². The number of hydrogen-bond acceptors (Lipinski definition) is 5. The van der Waals surface area contributed by atoms with Gasteiger partial charge in [-0.05, 0) is 31.5 Å². The van der Waals surface area contributed by atoms with Gasteiger partial charge in [-0.2, -0.15) is 13.2 Å². The third-order valence-corrected chi connectivity index (χ3v) is 6.51. The summed E-state index contributed by atoms with van der Waals surface area (Å²) < 4.78 is 44.5. The number of benzene rings is 1. The first-order chi connectivity index (χ1) is 16.8. The summed E-state index contributed by atoms with van der Waals surface area (Å²) in [6, 6.07) is 2.86. The van der Waals surface area contributed by atoms with E-state index in [0.717, 1.165) is 12.1 Å². The SMILES string of the molecule is CCOC(=O)C1=C(CN2CCN(C(=O)C(C)C)C(C)C2)N(C)C(=O)NC1c1ccc(C(F)(F)F)cc1. The second-order valence-corrected chi connectivity index (χ2v) is 9.41. The molecule has 0 aromatic heterocycles. The van der Waals surface area contributed by atoms with E-state index in [1.165, 1.54) is 24.1 Å². The van der Waals surface area contributed by atoms with Crippen LogP contribution in [0.25, 0.3) is 0 Å². The number of ether oxygens (including phenoxy) is 1. The molecule has 2 atom stereocenters. The molecule has 2 aliphatic rings. The number of carbonyl (C=O) groups excluding carboxylic acids is 3. The fourth-order valence-corrected chi connectivity index (χ4v) is 4.56. The van der Waals surface area contributed by atoms with Crippen LogP contribution in [0.15, 0.2) is 35.5 Å². The first kappa shape index (κ1) is 27.5. The summed E-state index contributed by atoms with van der Waals surface area (Å²) in [4.78, 5) is 43.7. The zero-order valence-corrected chi connectivity index (χ0v) is 21.2. The molecule has 2 unspecified atom stereocenters. The van der Waals surface area contributed by atoms with Crippen LogP contribution in [0.3, 0.4) is 0 Å². The van der Waals surface area contributed by atoms with Crippen LogP contribution < -0.4 is 5.32 Å². The molecule has 2 aliphatic heterocycles. The second-order valence-electron chi connectivity index (χ2n) is 9.41. The Morgan fingerprint density at radius 3 is 2.33 bits per heavy atom. The molecule has 11 heteroatoms. The van der Waals surface area contributed by atoms with Gasteiger partial charge in [0.05, 0.1) is 23.8 Å². The van der Waals surface area contributed by atoms with Crippen LogP contribution in [0.4, 0.5) is 18.0 Å². The summed E-state index contributed by atoms with van der Waals surface area (Å²) in [7, 11) is 1.54. The van der Waals surface area contributed by atoms with Gasteiger partial charge in [0.1, 0.15) is 0 Å². The molecule has 0 aliphatic carbocycles. The molecule has 0 spiro atoms. The molecule has 1 saturated heterocycles. The van der Waals surface area contributed by atoms with E-state index in [0.29, 0.717) is 30.9 Å². The molecule has 1 fully saturated rings. The molecule has 2 heterocycles. The number of esters is 1. The maximum absolute atomic E-state index is 13.1. The van der Waals surface area contributed by atoms with E-state index >= 15 is 0 Å². The summed E-state index contributed by atoms with van der Waals surface area (Å²) in [5.41, 5.74) is 0.103. The molecular formula is C25H33F3N4O4. The Morgan fingerprint density at radius 1 is 1.17 bits per heavy atom. The van der Waals surface area contributed by atoms with Crippen LogP contribution >= 0.6 is 0 Å². The average Bonchev–Trinajstić information content (AvgIpc) is 2.81. The smallest absolute Gasteiger partial charge is 0.416 e. The number of nitrogens with one attached hydrogen (secondary N) is 1. The van der Waals surface area contributed by atoms with E-state index in [4.69, 9.17) is 4.74 Å². The molecule has 8 nitrogen and oxygen atoms in total. The van der Waals surface area contributed by atoms with E-state index < -0.39 is 29.8 Å². The zero-order valence-electron chi connectivity index (χ0n) is 21.2. The van der Waals surface area contributed by atoms with Crippen molar-refractivity contribution in [3.8, 4) is 0 Å². The highest BCUT2D eigenvalue weighted by Gasteiger charge is 2.39. The highest BCUT2D eigenvalue weighted by atomic mass is 19.4. The van der Waals surface area contributed by atoms with Crippen molar-refractivity contribution < 1.29 is 32.3 Å².